The first-order valence-corrected chi connectivity index (χ1v) is 6.37. The van der Waals surface area contributed by atoms with Crippen LogP contribution < -0.4 is 0 Å². The van der Waals surface area contributed by atoms with Gasteiger partial charge in [-0.05, 0) is 13.3 Å². The molecule has 1 unspecified atom stereocenters. The molecule has 1 heterocycles. The zero-order valence-corrected chi connectivity index (χ0v) is 7.91. The highest BCUT2D eigenvalue weighted by Crippen LogP contribution is 2.20. The van der Waals surface area contributed by atoms with Gasteiger partial charge in [-0.15, -0.1) is 9.62 Å². The quantitative estimate of drug-likeness (QED) is 0.417. The molecule has 60 valence electrons. The maximum absolute atomic E-state index is 5.61. The number of rotatable bonds is 1. The Kier molecular flexibility index (Phi) is 2.53. The van der Waals surface area contributed by atoms with Crippen molar-refractivity contribution in [2.45, 2.75) is 25.2 Å². The molecule has 0 aromatic rings. The van der Waals surface area contributed by atoms with Crippen LogP contribution in [0, 0.1) is 0 Å². The highest BCUT2D eigenvalue weighted by Gasteiger charge is 2.27. The first kappa shape index (κ1) is 8.28. The molecule has 1 aliphatic heterocycles. The highest BCUT2D eigenvalue weighted by molar-refractivity contribution is 8.11. The van der Waals surface area contributed by atoms with Crippen molar-refractivity contribution in [2.75, 3.05) is 19.1 Å². The molecule has 0 aliphatic carbocycles. The molecule has 1 nitrogen and oxygen atoms in total. The van der Waals surface area contributed by atoms with Crippen molar-refractivity contribution in [1.29, 1.82) is 0 Å². The Morgan fingerprint density at radius 3 is 2.60 bits per heavy atom. The summed E-state index contributed by atoms with van der Waals surface area (Å²) in [6, 6.07) is 0. The molecule has 0 aromatic heterocycles. The Labute approximate surface area is 64.7 Å². The Morgan fingerprint density at radius 1 is 1.50 bits per heavy atom. The van der Waals surface area contributed by atoms with Gasteiger partial charge in [0.05, 0.1) is 24.5 Å². The van der Waals surface area contributed by atoms with E-state index in [0.717, 1.165) is 6.61 Å². The molecule has 0 bridgehead atoms. The van der Waals surface area contributed by atoms with Gasteiger partial charge < -0.3 is 4.74 Å². The molecule has 0 amide bonds. The van der Waals surface area contributed by atoms with Crippen LogP contribution in [-0.4, -0.2) is 29.9 Å². The van der Waals surface area contributed by atoms with Gasteiger partial charge in [0.2, 0.25) is 0 Å². The fourth-order valence-electron chi connectivity index (χ4n) is 1.18. The SMILES string of the molecule is CC=[S+](C)(C)C1CCCO1. The lowest BCUT2D eigenvalue weighted by molar-refractivity contribution is 0.171. The average Bonchev–Trinajstić information content (AvgIpc) is 2.38. The Bertz CT molecular complexity index is 151. The van der Waals surface area contributed by atoms with Crippen LogP contribution >= 0.6 is 0 Å². The fraction of sp³-hybridized carbons (Fsp3) is 0.875. The summed E-state index contributed by atoms with van der Waals surface area (Å²) in [6.07, 6.45) is 7.17. The summed E-state index contributed by atoms with van der Waals surface area (Å²) in [5.74, 6) is 0. The van der Waals surface area contributed by atoms with E-state index in [1.165, 1.54) is 12.8 Å². The lowest BCUT2D eigenvalue weighted by Crippen LogP contribution is -2.26. The monoisotopic (exact) mass is 161 g/mol. The first-order chi connectivity index (χ1) is 4.67. The van der Waals surface area contributed by atoms with E-state index < -0.39 is 9.62 Å². The Morgan fingerprint density at radius 2 is 2.20 bits per heavy atom. The van der Waals surface area contributed by atoms with Gasteiger partial charge >= 0.3 is 0 Å². The second-order valence-electron chi connectivity index (χ2n) is 3.17. The Hall–Kier alpha value is 0.180. The summed E-state index contributed by atoms with van der Waals surface area (Å²) < 4.78 is 5.61. The number of ether oxygens (including phenoxy) is 1. The van der Waals surface area contributed by atoms with Crippen molar-refractivity contribution in [3.05, 3.63) is 0 Å². The zero-order chi connectivity index (χ0) is 7.61. The molecular formula is C8H17OS+. The molecule has 1 atom stereocenters. The minimum atomic E-state index is -0.545. The van der Waals surface area contributed by atoms with E-state index in [1.54, 1.807) is 0 Å². The third-order valence-corrected chi connectivity index (χ3v) is 5.11. The third-order valence-electron chi connectivity index (χ3n) is 2.17. The van der Waals surface area contributed by atoms with Crippen LogP contribution in [0.5, 0.6) is 0 Å². The average molecular weight is 161 g/mol. The van der Waals surface area contributed by atoms with Crippen molar-refractivity contribution in [1.82, 2.24) is 0 Å². The lowest BCUT2D eigenvalue weighted by Gasteiger charge is -2.16. The van der Waals surface area contributed by atoms with Gasteiger partial charge in [-0.2, -0.15) is 0 Å². The van der Waals surface area contributed by atoms with Gasteiger partial charge in [-0.25, -0.2) is 0 Å². The second kappa shape index (κ2) is 3.05. The van der Waals surface area contributed by atoms with Crippen molar-refractivity contribution in [3.8, 4) is 0 Å². The van der Waals surface area contributed by atoms with Gasteiger partial charge in [-0.3, -0.25) is 0 Å². The van der Waals surface area contributed by atoms with E-state index in [4.69, 9.17) is 4.74 Å². The van der Waals surface area contributed by atoms with E-state index in [9.17, 15) is 0 Å². The van der Waals surface area contributed by atoms with E-state index >= 15 is 0 Å². The Balaban J connectivity index is 2.63. The molecule has 0 saturated carbocycles. The summed E-state index contributed by atoms with van der Waals surface area (Å²) in [6.45, 7) is 3.13. The lowest BCUT2D eigenvalue weighted by atomic mass is 10.4. The molecule has 1 rings (SSSR count). The molecule has 0 spiro atoms. The van der Waals surface area contributed by atoms with Crippen LogP contribution in [0.4, 0.5) is 0 Å². The van der Waals surface area contributed by atoms with Gasteiger partial charge in [0.15, 0.2) is 5.44 Å². The summed E-state index contributed by atoms with van der Waals surface area (Å²) >= 11 is 0. The normalized spacial score (nSPS) is 26.9. The summed E-state index contributed by atoms with van der Waals surface area (Å²) in [5, 5.41) is 2.32. The van der Waals surface area contributed by atoms with Crippen LogP contribution in [0.2, 0.25) is 0 Å². The van der Waals surface area contributed by atoms with E-state index in [1.807, 2.05) is 0 Å². The predicted molar refractivity (Wildman–Crippen MR) is 49.9 cm³/mol. The third kappa shape index (κ3) is 1.61. The van der Waals surface area contributed by atoms with Crippen molar-refractivity contribution in [2.24, 2.45) is 0 Å². The van der Waals surface area contributed by atoms with Crippen LogP contribution in [0.1, 0.15) is 19.8 Å². The largest absolute Gasteiger partial charge is 0.337 e. The molecule has 1 fully saturated rings. The first-order valence-electron chi connectivity index (χ1n) is 3.80. The van der Waals surface area contributed by atoms with E-state index in [0.29, 0.717) is 5.44 Å². The van der Waals surface area contributed by atoms with Gasteiger partial charge in [0.25, 0.3) is 0 Å². The minimum Gasteiger partial charge on any atom is -0.337 e. The molecule has 0 radical (unpaired) electrons. The summed E-state index contributed by atoms with van der Waals surface area (Å²) in [4.78, 5) is 0. The number of hydrogen-bond donors (Lipinski definition) is 0. The van der Waals surface area contributed by atoms with E-state index in [-0.39, 0.29) is 0 Å². The van der Waals surface area contributed by atoms with Crippen molar-refractivity contribution >= 4 is 15.0 Å². The van der Waals surface area contributed by atoms with E-state index in [2.05, 4.69) is 24.8 Å². The molecule has 1 aliphatic rings. The summed E-state index contributed by atoms with van der Waals surface area (Å²) in [5.41, 5.74) is 0.553. The molecule has 0 aromatic carbocycles. The second-order valence-corrected chi connectivity index (χ2v) is 7.14. The molecule has 1 saturated heterocycles. The topological polar surface area (TPSA) is 9.23 Å². The van der Waals surface area contributed by atoms with Crippen LogP contribution in [-0.2, 0) is 14.4 Å². The molecule has 2 heteroatoms. The van der Waals surface area contributed by atoms with Gasteiger partial charge in [0.1, 0.15) is 0 Å². The maximum Gasteiger partial charge on any atom is 0.184 e. The highest BCUT2D eigenvalue weighted by atomic mass is 32.2. The van der Waals surface area contributed by atoms with Crippen LogP contribution in [0.15, 0.2) is 0 Å². The minimum absolute atomic E-state index is 0.545. The van der Waals surface area contributed by atoms with Gasteiger partial charge in [-0.1, -0.05) is 0 Å². The predicted octanol–water partition coefficient (Wildman–Crippen LogP) is 1.36. The van der Waals surface area contributed by atoms with Crippen LogP contribution in [0.3, 0.4) is 0 Å². The molecular weight excluding hydrogens is 144 g/mol. The standard InChI is InChI=1S/C8H17OS/c1-4-10(2,3)8-6-5-7-9-8/h4,8H,5-7H2,1-3H3/q+1. The maximum atomic E-state index is 5.61. The summed E-state index contributed by atoms with van der Waals surface area (Å²) in [7, 11) is -0.545. The smallest absolute Gasteiger partial charge is 0.184 e. The fourth-order valence-corrected chi connectivity index (χ4v) is 2.70. The molecule has 0 N–H and O–H groups in total. The van der Waals surface area contributed by atoms with Crippen LogP contribution in [0.25, 0.3) is 0 Å². The van der Waals surface area contributed by atoms with Crippen molar-refractivity contribution < 1.29 is 4.74 Å². The number of hydrogen-bond acceptors (Lipinski definition) is 1. The molecule has 10 heavy (non-hydrogen) atoms. The van der Waals surface area contributed by atoms with Crippen molar-refractivity contribution in [3.63, 3.8) is 0 Å². The van der Waals surface area contributed by atoms with Gasteiger partial charge in [0, 0.05) is 6.42 Å². The zero-order valence-electron chi connectivity index (χ0n) is 7.09.